The summed E-state index contributed by atoms with van der Waals surface area (Å²) in [6, 6.07) is 3.30. The molecule has 0 atom stereocenters. The normalized spacial score (nSPS) is 11.2. The molecule has 0 bridgehead atoms. The van der Waals surface area contributed by atoms with Gasteiger partial charge in [-0.3, -0.25) is 4.79 Å². The molecule has 2 aromatic rings. The van der Waals surface area contributed by atoms with Crippen molar-refractivity contribution in [2.24, 2.45) is 5.10 Å². The second-order valence-corrected chi connectivity index (χ2v) is 6.99. The number of carbonyl (C=O) groups is 1. The number of hydrogen-bond acceptors (Lipinski definition) is 6. The van der Waals surface area contributed by atoms with E-state index in [2.05, 4.69) is 15.5 Å². The zero-order valence-corrected chi connectivity index (χ0v) is 15.6. The van der Waals surface area contributed by atoms with Crippen LogP contribution in [0.15, 0.2) is 17.2 Å². The molecule has 6 nitrogen and oxygen atoms in total. The fourth-order valence-corrected chi connectivity index (χ4v) is 3.16. The summed E-state index contributed by atoms with van der Waals surface area (Å²) in [5.41, 5.74) is 9.17. The van der Waals surface area contributed by atoms with Crippen LogP contribution in [0.2, 0.25) is 10.0 Å². The number of nitrogens with one attached hydrogen (secondary N) is 1. The van der Waals surface area contributed by atoms with E-state index in [0.717, 1.165) is 11.3 Å². The molecule has 0 fully saturated rings. The predicted molar refractivity (Wildman–Crippen MR) is 98.5 cm³/mol. The van der Waals surface area contributed by atoms with Crippen molar-refractivity contribution in [3.8, 4) is 5.75 Å². The molecule has 1 aromatic carbocycles. The third-order valence-corrected chi connectivity index (χ3v) is 4.32. The molecule has 0 aliphatic carbocycles. The number of nitrogens with zero attached hydrogens (tertiary/aromatic N) is 2. The topological polar surface area (TPSA) is 89.6 Å². The first-order chi connectivity index (χ1) is 11.3. The van der Waals surface area contributed by atoms with E-state index in [1.54, 1.807) is 19.1 Å². The van der Waals surface area contributed by atoms with Gasteiger partial charge in [0.2, 0.25) is 0 Å². The molecule has 1 heterocycles. The van der Waals surface area contributed by atoms with E-state index >= 15 is 0 Å². The summed E-state index contributed by atoms with van der Waals surface area (Å²) < 4.78 is 5.55. The minimum Gasteiger partial charge on any atom is -0.488 e. The monoisotopic (exact) mass is 386 g/mol. The summed E-state index contributed by atoms with van der Waals surface area (Å²) in [4.78, 5) is 16.4. The Kier molecular flexibility index (Phi) is 6.04. The van der Waals surface area contributed by atoms with E-state index in [1.807, 2.05) is 13.8 Å². The molecule has 0 aliphatic heterocycles. The van der Waals surface area contributed by atoms with Gasteiger partial charge in [0.05, 0.1) is 28.1 Å². The van der Waals surface area contributed by atoms with Crippen molar-refractivity contribution < 1.29 is 9.53 Å². The quantitative estimate of drug-likeness (QED) is 0.602. The van der Waals surface area contributed by atoms with E-state index in [-0.39, 0.29) is 12.0 Å². The number of aromatic nitrogens is 1. The molecule has 0 aliphatic rings. The number of anilines is 1. The van der Waals surface area contributed by atoms with Crippen molar-refractivity contribution >= 4 is 51.8 Å². The van der Waals surface area contributed by atoms with Gasteiger partial charge in [-0.2, -0.15) is 5.10 Å². The Bertz CT molecular complexity index is 767. The second-order valence-electron chi connectivity index (χ2n) is 5.15. The van der Waals surface area contributed by atoms with Crippen LogP contribution in [0.4, 0.5) is 5.13 Å². The maximum atomic E-state index is 12.0. The van der Waals surface area contributed by atoms with E-state index in [0.29, 0.717) is 37.1 Å². The van der Waals surface area contributed by atoms with E-state index < -0.39 is 0 Å². The summed E-state index contributed by atoms with van der Waals surface area (Å²) in [5, 5.41) is 4.97. The van der Waals surface area contributed by atoms with Crippen LogP contribution in [0, 0.1) is 6.92 Å². The fourth-order valence-electron chi connectivity index (χ4n) is 1.85. The van der Waals surface area contributed by atoms with Crippen molar-refractivity contribution in [3.05, 3.63) is 38.3 Å². The highest BCUT2D eigenvalue weighted by Gasteiger charge is 2.14. The van der Waals surface area contributed by atoms with Crippen molar-refractivity contribution in [2.45, 2.75) is 26.9 Å². The van der Waals surface area contributed by atoms with Crippen molar-refractivity contribution in [1.82, 2.24) is 10.4 Å². The highest BCUT2D eigenvalue weighted by Crippen LogP contribution is 2.34. The number of hydrogen-bond donors (Lipinski definition) is 2. The molecule has 0 radical (unpaired) electrons. The van der Waals surface area contributed by atoms with Gasteiger partial charge in [0.25, 0.3) is 5.91 Å². The summed E-state index contributed by atoms with van der Waals surface area (Å²) in [6.45, 7) is 5.47. The lowest BCUT2D eigenvalue weighted by Gasteiger charge is -2.13. The Hall–Kier alpha value is -1.83. The number of carbonyl (C=O) groups excluding carboxylic acids is 1. The lowest BCUT2D eigenvalue weighted by Crippen LogP contribution is -2.17. The largest absolute Gasteiger partial charge is 0.488 e. The summed E-state index contributed by atoms with van der Waals surface area (Å²) in [6.07, 6.45) is 1.39. The Morgan fingerprint density at radius 2 is 2.04 bits per heavy atom. The number of rotatable bonds is 5. The van der Waals surface area contributed by atoms with Crippen LogP contribution in [0.25, 0.3) is 0 Å². The molecule has 0 saturated carbocycles. The lowest BCUT2D eigenvalue weighted by molar-refractivity contribution is 0.0958. The molecule has 0 spiro atoms. The third kappa shape index (κ3) is 4.59. The van der Waals surface area contributed by atoms with Crippen LogP contribution in [0.1, 0.15) is 34.8 Å². The van der Waals surface area contributed by atoms with Crippen LogP contribution < -0.4 is 15.9 Å². The van der Waals surface area contributed by atoms with Gasteiger partial charge in [-0.05, 0) is 38.5 Å². The van der Waals surface area contributed by atoms with Crippen LogP contribution in [-0.4, -0.2) is 23.2 Å². The minimum absolute atomic E-state index is 0.0473. The highest BCUT2D eigenvalue weighted by molar-refractivity contribution is 7.17. The summed E-state index contributed by atoms with van der Waals surface area (Å²) in [5.74, 6) is 0.0418. The predicted octanol–water partition coefficient (Wildman–Crippen LogP) is 3.89. The van der Waals surface area contributed by atoms with Gasteiger partial charge in [0.1, 0.15) is 4.88 Å². The minimum atomic E-state index is -0.380. The smallest absolute Gasteiger partial charge is 0.283 e. The molecule has 2 rings (SSSR count). The first-order valence-corrected chi connectivity index (χ1v) is 8.57. The van der Waals surface area contributed by atoms with E-state index in [1.165, 1.54) is 6.21 Å². The number of ether oxygens (including phenoxy) is 1. The fraction of sp³-hybridized carbons (Fsp3) is 0.267. The first-order valence-electron chi connectivity index (χ1n) is 7.00. The highest BCUT2D eigenvalue weighted by atomic mass is 35.5. The molecular formula is C15H16Cl2N4O2S. The van der Waals surface area contributed by atoms with Gasteiger partial charge in [-0.15, -0.1) is 0 Å². The number of halogens is 2. The Morgan fingerprint density at radius 3 is 2.54 bits per heavy atom. The molecule has 1 aromatic heterocycles. The molecule has 128 valence electrons. The Balaban J connectivity index is 2.09. The average Bonchev–Trinajstić information content (AvgIpc) is 2.81. The number of hydrazone groups is 1. The molecular weight excluding hydrogens is 371 g/mol. The lowest BCUT2D eigenvalue weighted by atomic mass is 10.2. The van der Waals surface area contributed by atoms with E-state index in [4.69, 9.17) is 33.7 Å². The number of thiazole rings is 1. The standard InChI is InChI=1S/C15H16Cl2N4O2S/c1-7(2)23-12-10(16)4-9(5-11(12)17)6-19-21-14(22)13-8(3)20-15(18)24-13/h4-7H,1-3H3,(H2,18,20)(H,21,22)/b19-6-. The third-order valence-electron chi connectivity index (χ3n) is 2.77. The number of aryl methyl sites for hydroxylation is 1. The number of benzene rings is 1. The molecule has 0 unspecified atom stereocenters. The Labute approximate surface area is 153 Å². The molecule has 0 saturated heterocycles. The van der Waals surface area contributed by atoms with Crippen LogP contribution in [0.3, 0.4) is 0 Å². The van der Waals surface area contributed by atoms with Gasteiger partial charge < -0.3 is 10.5 Å². The molecule has 9 heteroatoms. The van der Waals surface area contributed by atoms with Gasteiger partial charge in [-0.1, -0.05) is 34.5 Å². The van der Waals surface area contributed by atoms with Crippen molar-refractivity contribution in [2.75, 3.05) is 5.73 Å². The van der Waals surface area contributed by atoms with E-state index in [9.17, 15) is 4.79 Å². The number of nitrogen functional groups attached to an aromatic ring is 1. The van der Waals surface area contributed by atoms with Crippen LogP contribution in [0.5, 0.6) is 5.75 Å². The van der Waals surface area contributed by atoms with Gasteiger partial charge in [0, 0.05) is 0 Å². The number of nitrogens with two attached hydrogens (primary N) is 1. The van der Waals surface area contributed by atoms with Crippen LogP contribution >= 0.6 is 34.5 Å². The van der Waals surface area contributed by atoms with Gasteiger partial charge in [0.15, 0.2) is 10.9 Å². The van der Waals surface area contributed by atoms with Gasteiger partial charge >= 0.3 is 0 Å². The van der Waals surface area contributed by atoms with Crippen molar-refractivity contribution in [1.29, 1.82) is 0 Å². The average molecular weight is 387 g/mol. The molecule has 24 heavy (non-hydrogen) atoms. The number of amides is 1. The Morgan fingerprint density at radius 1 is 1.42 bits per heavy atom. The molecule has 1 amide bonds. The maximum Gasteiger partial charge on any atom is 0.283 e. The first kappa shape index (κ1) is 18.5. The van der Waals surface area contributed by atoms with Gasteiger partial charge in [-0.25, -0.2) is 10.4 Å². The maximum absolute atomic E-state index is 12.0. The van der Waals surface area contributed by atoms with Crippen molar-refractivity contribution in [3.63, 3.8) is 0 Å². The second kappa shape index (κ2) is 7.83. The zero-order valence-electron chi connectivity index (χ0n) is 13.3. The SMILES string of the molecule is Cc1nc(N)sc1C(=O)N/N=C\c1cc(Cl)c(OC(C)C)c(Cl)c1. The summed E-state index contributed by atoms with van der Waals surface area (Å²) >= 11 is 13.4. The summed E-state index contributed by atoms with van der Waals surface area (Å²) in [7, 11) is 0. The molecule has 3 N–H and O–H groups in total. The zero-order chi connectivity index (χ0) is 17.9. The van der Waals surface area contributed by atoms with Crippen LogP contribution in [-0.2, 0) is 0 Å².